The predicted molar refractivity (Wildman–Crippen MR) is 121 cm³/mol. The van der Waals surface area contributed by atoms with E-state index < -0.39 is 0 Å². The van der Waals surface area contributed by atoms with Crippen LogP contribution in [0.2, 0.25) is 0 Å². The molecule has 0 atom stereocenters. The lowest BCUT2D eigenvalue weighted by molar-refractivity contribution is 0.590. The Morgan fingerprint density at radius 3 is 0.962 bits per heavy atom. The molecule has 1 heteroatoms. The van der Waals surface area contributed by atoms with Crippen LogP contribution >= 0.6 is 0 Å². The molecule has 0 saturated heterocycles. The summed E-state index contributed by atoms with van der Waals surface area (Å²) in [5.74, 6) is 0. The van der Waals surface area contributed by atoms with E-state index >= 15 is 0 Å². The Kier molecular flexibility index (Phi) is 9.13. The predicted octanol–water partition coefficient (Wildman–Crippen LogP) is 7.65. The molecule has 0 unspecified atom stereocenters. The van der Waals surface area contributed by atoms with E-state index in [-0.39, 0.29) is 10.8 Å². The number of anilines is 2. The molecular formula is C25H37N. The zero-order valence-electron chi connectivity index (χ0n) is 17.9. The van der Waals surface area contributed by atoms with Crippen LogP contribution in [0.25, 0.3) is 0 Å². The second kappa shape index (κ2) is 10.0. The van der Waals surface area contributed by atoms with Gasteiger partial charge in [-0.1, -0.05) is 65.8 Å². The van der Waals surface area contributed by atoms with E-state index in [9.17, 15) is 0 Å². The Hall–Kier alpha value is -2.28. The Balaban J connectivity index is 0.00000146. The summed E-state index contributed by atoms with van der Waals surface area (Å²) in [7, 11) is 2.12. The van der Waals surface area contributed by atoms with Gasteiger partial charge < -0.3 is 4.90 Å². The smallest absolute Gasteiger partial charge is 0.0408 e. The second-order valence-corrected chi connectivity index (χ2v) is 8.15. The summed E-state index contributed by atoms with van der Waals surface area (Å²) < 4.78 is 0. The van der Waals surface area contributed by atoms with Crippen molar-refractivity contribution in [1.29, 1.82) is 0 Å². The number of hydrogen-bond donors (Lipinski definition) is 0. The van der Waals surface area contributed by atoms with E-state index in [4.69, 9.17) is 0 Å². The van der Waals surface area contributed by atoms with Gasteiger partial charge in [-0.3, -0.25) is 0 Å². The summed E-state index contributed by atoms with van der Waals surface area (Å²) in [5, 5.41) is 0. The molecule has 26 heavy (non-hydrogen) atoms. The minimum Gasteiger partial charge on any atom is -0.345 e. The highest BCUT2D eigenvalue weighted by Gasteiger charge is 2.15. The van der Waals surface area contributed by atoms with Crippen LogP contribution in [0, 0.1) is 0 Å². The van der Waals surface area contributed by atoms with Crippen molar-refractivity contribution in [2.45, 2.75) is 52.4 Å². The fourth-order valence-electron chi connectivity index (χ4n) is 2.52. The van der Waals surface area contributed by atoms with Crippen molar-refractivity contribution in [2.24, 2.45) is 0 Å². The van der Waals surface area contributed by atoms with Gasteiger partial charge in [-0.2, -0.15) is 0 Å². The molecule has 0 aliphatic carbocycles. The van der Waals surface area contributed by atoms with Crippen molar-refractivity contribution in [3.8, 4) is 0 Å². The summed E-state index contributed by atoms with van der Waals surface area (Å²) in [4.78, 5) is 2.24. The lowest BCUT2D eigenvalue weighted by Crippen LogP contribution is -2.14. The molecular weight excluding hydrogens is 314 g/mol. The van der Waals surface area contributed by atoms with Gasteiger partial charge in [0.25, 0.3) is 0 Å². The van der Waals surface area contributed by atoms with Crippen molar-refractivity contribution < 1.29 is 0 Å². The molecule has 2 aromatic rings. The highest BCUT2D eigenvalue weighted by Crippen LogP contribution is 2.29. The maximum atomic E-state index is 3.00. The molecule has 0 amide bonds. The van der Waals surface area contributed by atoms with Crippen molar-refractivity contribution >= 4 is 11.4 Å². The summed E-state index contributed by atoms with van der Waals surface area (Å²) in [5.41, 5.74) is 5.57. The summed E-state index contributed by atoms with van der Waals surface area (Å²) in [6.07, 6.45) is 0. The minimum absolute atomic E-state index is 0.200. The van der Waals surface area contributed by atoms with Gasteiger partial charge in [0, 0.05) is 18.4 Å². The molecule has 0 bridgehead atoms. The van der Waals surface area contributed by atoms with Crippen LogP contribution in [-0.4, -0.2) is 7.05 Å². The standard InChI is InChI=1S/C21H29N.2C2H4/c1-20(2,3)16-8-12-18(13-9-16)22(7)19-14-10-17(11-15-19)21(4,5)6;2*1-2/h8-15H,1-7H3;2*1-2H2. The molecule has 0 spiro atoms. The number of benzene rings is 2. The molecule has 0 saturated carbocycles. The van der Waals surface area contributed by atoms with Gasteiger partial charge in [0.2, 0.25) is 0 Å². The van der Waals surface area contributed by atoms with Crippen molar-refractivity contribution in [2.75, 3.05) is 11.9 Å². The molecule has 0 fully saturated rings. The Labute approximate surface area is 162 Å². The minimum atomic E-state index is 0.200. The van der Waals surface area contributed by atoms with Crippen molar-refractivity contribution in [3.63, 3.8) is 0 Å². The van der Waals surface area contributed by atoms with E-state index in [0.717, 1.165) is 0 Å². The molecule has 0 N–H and O–H groups in total. The van der Waals surface area contributed by atoms with E-state index in [0.29, 0.717) is 0 Å². The topological polar surface area (TPSA) is 3.24 Å². The first-order chi connectivity index (χ1) is 12.1. The van der Waals surface area contributed by atoms with E-state index in [1.807, 2.05) is 0 Å². The molecule has 1 nitrogen and oxygen atoms in total. The third-order valence-corrected chi connectivity index (χ3v) is 4.24. The number of rotatable bonds is 2. The Morgan fingerprint density at radius 1 is 0.538 bits per heavy atom. The average Bonchev–Trinajstić information content (AvgIpc) is 2.63. The van der Waals surface area contributed by atoms with Crippen LogP contribution in [0.3, 0.4) is 0 Å². The Bertz CT molecular complexity index is 577. The van der Waals surface area contributed by atoms with Crippen molar-refractivity contribution in [1.82, 2.24) is 0 Å². The van der Waals surface area contributed by atoms with Crippen LogP contribution in [0.4, 0.5) is 11.4 Å². The largest absolute Gasteiger partial charge is 0.345 e. The lowest BCUT2D eigenvalue weighted by atomic mass is 9.87. The first kappa shape index (κ1) is 23.7. The molecule has 0 aliphatic heterocycles. The van der Waals surface area contributed by atoms with Crippen LogP contribution in [0.5, 0.6) is 0 Å². The van der Waals surface area contributed by atoms with Crippen molar-refractivity contribution in [3.05, 3.63) is 86.0 Å². The quantitative estimate of drug-likeness (QED) is 0.502. The highest BCUT2D eigenvalue weighted by atomic mass is 15.1. The summed E-state index contributed by atoms with van der Waals surface area (Å²) in [6.45, 7) is 25.5. The average molecular weight is 352 g/mol. The molecule has 0 aliphatic rings. The van der Waals surface area contributed by atoms with Gasteiger partial charge >= 0.3 is 0 Å². The van der Waals surface area contributed by atoms with Gasteiger partial charge in [-0.05, 0) is 46.2 Å². The maximum Gasteiger partial charge on any atom is 0.0408 e. The first-order valence-electron chi connectivity index (χ1n) is 9.04. The van der Waals surface area contributed by atoms with Gasteiger partial charge in [-0.25, -0.2) is 0 Å². The van der Waals surface area contributed by atoms with Crippen LogP contribution < -0.4 is 4.90 Å². The molecule has 2 rings (SSSR count). The maximum absolute atomic E-state index is 3.00. The van der Waals surface area contributed by atoms with Crippen LogP contribution in [-0.2, 0) is 10.8 Å². The first-order valence-corrected chi connectivity index (χ1v) is 9.04. The van der Waals surface area contributed by atoms with E-state index in [1.165, 1.54) is 22.5 Å². The molecule has 0 aromatic heterocycles. The molecule has 0 heterocycles. The van der Waals surface area contributed by atoms with Gasteiger partial charge in [0.15, 0.2) is 0 Å². The molecule has 2 aromatic carbocycles. The highest BCUT2D eigenvalue weighted by molar-refractivity contribution is 5.63. The van der Waals surface area contributed by atoms with Gasteiger partial charge in [0.05, 0.1) is 0 Å². The Morgan fingerprint density at radius 2 is 0.769 bits per heavy atom. The van der Waals surface area contributed by atoms with Crippen LogP contribution in [0.15, 0.2) is 74.8 Å². The van der Waals surface area contributed by atoms with Gasteiger partial charge in [0.1, 0.15) is 0 Å². The third kappa shape index (κ3) is 6.55. The second-order valence-electron chi connectivity index (χ2n) is 8.15. The molecule has 142 valence electrons. The van der Waals surface area contributed by atoms with Gasteiger partial charge in [-0.15, -0.1) is 26.3 Å². The normalized spacial score (nSPS) is 10.7. The number of hydrogen-bond acceptors (Lipinski definition) is 1. The lowest BCUT2D eigenvalue weighted by Gasteiger charge is -2.24. The van der Waals surface area contributed by atoms with E-state index in [1.54, 1.807) is 0 Å². The summed E-state index contributed by atoms with van der Waals surface area (Å²) in [6, 6.07) is 17.8. The SMILES string of the molecule is C=C.C=C.CN(c1ccc(C(C)(C)C)cc1)c1ccc(C(C)(C)C)cc1. The molecule has 0 radical (unpaired) electrons. The zero-order valence-corrected chi connectivity index (χ0v) is 17.9. The monoisotopic (exact) mass is 351 g/mol. The fourth-order valence-corrected chi connectivity index (χ4v) is 2.52. The number of nitrogens with zero attached hydrogens (tertiary/aromatic N) is 1. The van der Waals surface area contributed by atoms with E-state index in [2.05, 4.69) is 128 Å². The summed E-state index contributed by atoms with van der Waals surface area (Å²) >= 11 is 0. The third-order valence-electron chi connectivity index (χ3n) is 4.24. The zero-order chi connectivity index (χ0) is 20.5. The fraction of sp³-hybridized carbons (Fsp3) is 0.360. The van der Waals surface area contributed by atoms with Crippen LogP contribution in [0.1, 0.15) is 52.7 Å².